The van der Waals surface area contributed by atoms with E-state index in [2.05, 4.69) is 33.9 Å². The molecule has 0 aromatic carbocycles. The third-order valence-corrected chi connectivity index (χ3v) is 6.83. The molecule has 0 atom stereocenters. The molecule has 2 saturated heterocycles. The molecule has 8 heteroatoms. The molecule has 0 aromatic heterocycles. The van der Waals surface area contributed by atoms with Gasteiger partial charge >= 0.3 is 0 Å². The summed E-state index contributed by atoms with van der Waals surface area (Å²) in [4.78, 5) is 24.5. The zero-order valence-corrected chi connectivity index (χ0v) is 22.1. The summed E-state index contributed by atoms with van der Waals surface area (Å²) in [5.41, 5.74) is 0.372. The van der Waals surface area contributed by atoms with Gasteiger partial charge in [0.15, 0.2) is 5.96 Å². The van der Waals surface area contributed by atoms with Gasteiger partial charge in [-0.3, -0.25) is 14.7 Å². The van der Waals surface area contributed by atoms with Crippen molar-refractivity contribution in [1.29, 1.82) is 0 Å². The number of hydrogen-bond acceptors (Lipinski definition) is 4. The molecule has 0 bridgehead atoms. The van der Waals surface area contributed by atoms with E-state index in [0.717, 1.165) is 90.8 Å². The number of nitrogens with zero attached hydrogens (tertiary/aromatic N) is 4. The van der Waals surface area contributed by atoms with Crippen LogP contribution in [-0.2, 0) is 9.53 Å². The van der Waals surface area contributed by atoms with Crippen LogP contribution in [0.5, 0.6) is 0 Å². The molecular formula is C23H44IN5O2. The maximum Gasteiger partial charge on any atom is 0.236 e. The fourth-order valence-electron chi connectivity index (χ4n) is 4.49. The average Bonchev–Trinajstić information content (AvgIpc) is 3.56. The lowest BCUT2D eigenvalue weighted by molar-refractivity contribution is -0.132. The van der Waals surface area contributed by atoms with Crippen molar-refractivity contribution in [3.05, 3.63) is 0 Å². The number of guanidine groups is 1. The smallest absolute Gasteiger partial charge is 0.236 e. The Hall–Kier alpha value is -0.610. The number of likely N-dealkylation sites (tertiary alicyclic amines) is 1. The largest absolute Gasteiger partial charge is 0.382 e. The minimum atomic E-state index is 0. The van der Waals surface area contributed by atoms with Crippen LogP contribution in [0.25, 0.3) is 0 Å². The zero-order chi connectivity index (χ0) is 21.2. The van der Waals surface area contributed by atoms with Gasteiger partial charge in [0.05, 0.1) is 6.54 Å². The van der Waals surface area contributed by atoms with E-state index in [1.54, 1.807) is 0 Å². The van der Waals surface area contributed by atoms with Crippen LogP contribution < -0.4 is 5.32 Å². The molecular weight excluding hydrogens is 505 g/mol. The SMILES string of the molecule is CCNC(=NCC1(CCOCC)CC1)N1CCN(CC(=O)N2CCCCCC2)CC1.I. The Balaban J connectivity index is 0.00000341. The topological polar surface area (TPSA) is 60.4 Å². The van der Waals surface area contributed by atoms with Crippen LogP contribution >= 0.6 is 24.0 Å². The molecule has 1 amide bonds. The highest BCUT2D eigenvalue weighted by Gasteiger charge is 2.42. The standard InChI is InChI=1S/C23H43N5O2.HI/c1-3-24-22(25-20-23(9-10-23)11-18-30-4-2)28-16-14-26(15-17-28)19-21(29)27-12-7-5-6-8-13-27;/h3-20H2,1-2H3,(H,24,25);1H. The van der Waals surface area contributed by atoms with E-state index >= 15 is 0 Å². The molecule has 2 aliphatic heterocycles. The van der Waals surface area contributed by atoms with Crippen LogP contribution in [0, 0.1) is 5.41 Å². The first-order chi connectivity index (χ1) is 14.7. The fraction of sp³-hybridized carbons (Fsp3) is 0.913. The second kappa shape index (κ2) is 13.8. The van der Waals surface area contributed by atoms with Gasteiger partial charge in [0.2, 0.25) is 5.91 Å². The number of aliphatic imine (C=N–C) groups is 1. The summed E-state index contributed by atoms with van der Waals surface area (Å²) < 4.78 is 5.56. The third-order valence-electron chi connectivity index (χ3n) is 6.83. The first-order valence-electron chi connectivity index (χ1n) is 12.3. The van der Waals surface area contributed by atoms with E-state index in [9.17, 15) is 4.79 Å². The lowest BCUT2D eigenvalue weighted by atomic mass is 10.0. The Morgan fingerprint density at radius 3 is 2.23 bits per heavy atom. The number of carbonyl (C=O) groups excluding carboxylic acids is 1. The summed E-state index contributed by atoms with van der Waals surface area (Å²) in [7, 11) is 0. The van der Waals surface area contributed by atoms with Crippen molar-refractivity contribution in [3.8, 4) is 0 Å². The Bertz CT molecular complexity index is 554. The van der Waals surface area contributed by atoms with Crippen LogP contribution in [0.15, 0.2) is 4.99 Å². The van der Waals surface area contributed by atoms with Gasteiger partial charge in [-0.15, -0.1) is 24.0 Å². The van der Waals surface area contributed by atoms with E-state index in [0.29, 0.717) is 17.9 Å². The monoisotopic (exact) mass is 549 g/mol. The van der Waals surface area contributed by atoms with Gasteiger partial charge in [-0.05, 0) is 51.4 Å². The van der Waals surface area contributed by atoms with Crippen molar-refractivity contribution in [2.75, 3.05) is 72.1 Å². The predicted octanol–water partition coefficient (Wildman–Crippen LogP) is 2.80. The zero-order valence-electron chi connectivity index (χ0n) is 19.7. The summed E-state index contributed by atoms with van der Waals surface area (Å²) >= 11 is 0. The average molecular weight is 550 g/mol. The lowest BCUT2D eigenvalue weighted by Gasteiger charge is -2.37. The quantitative estimate of drug-likeness (QED) is 0.208. The molecule has 1 N–H and O–H groups in total. The van der Waals surface area contributed by atoms with Gasteiger partial charge in [-0.1, -0.05) is 12.8 Å². The van der Waals surface area contributed by atoms with Crippen LogP contribution in [0.3, 0.4) is 0 Å². The number of piperazine rings is 1. The molecule has 7 nitrogen and oxygen atoms in total. The first kappa shape index (κ1) is 26.6. The van der Waals surface area contributed by atoms with Crippen LogP contribution in [-0.4, -0.2) is 98.7 Å². The van der Waals surface area contributed by atoms with Gasteiger partial charge < -0.3 is 19.9 Å². The number of hydrogen-bond donors (Lipinski definition) is 1. The van der Waals surface area contributed by atoms with Gasteiger partial charge in [0, 0.05) is 65.6 Å². The Morgan fingerprint density at radius 2 is 1.65 bits per heavy atom. The first-order valence-corrected chi connectivity index (χ1v) is 12.3. The highest BCUT2D eigenvalue weighted by atomic mass is 127. The minimum Gasteiger partial charge on any atom is -0.382 e. The van der Waals surface area contributed by atoms with Crippen molar-refractivity contribution in [1.82, 2.24) is 20.0 Å². The van der Waals surface area contributed by atoms with E-state index in [1.807, 2.05) is 0 Å². The van der Waals surface area contributed by atoms with Crippen LogP contribution in [0.2, 0.25) is 0 Å². The third kappa shape index (κ3) is 8.68. The molecule has 0 unspecified atom stereocenters. The molecule has 3 aliphatic rings. The van der Waals surface area contributed by atoms with Crippen molar-refractivity contribution in [3.63, 3.8) is 0 Å². The van der Waals surface area contributed by atoms with Crippen LogP contribution in [0.1, 0.15) is 58.8 Å². The van der Waals surface area contributed by atoms with Gasteiger partial charge in [-0.25, -0.2) is 0 Å². The number of nitrogens with one attached hydrogen (secondary N) is 1. The maximum absolute atomic E-state index is 12.7. The second-order valence-electron chi connectivity index (χ2n) is 9.18. The van der Waals surface area contributed by atoms with E-state index < -0.39 is 0 Å². The predicted molar refractivity (Wildman–Crippen MR) is 137 cm³/mol. The molecule has 3 fully saturated rings. The van der Waals surface area contributed by atoms with Crippen molar-refractivity contribution in [2.24, 2.45) is 10.4 Å². The molecule has 0 spiro atoms. The highest BCUT2D eigenvalue weighted by Crippen LogP contribution is 2.49. The number of rotatable bonds is 9. The molecule has 180 valence electrons. The lowest BCUT2D eigenvalue weighted by Crippen LogP contribution is -2.54. The summed E-state index contributed by atoms with van der Waals surface area (Å²) in [6, 6.07) is 0. The minimum absolute atomic E-state index is 0. The summed E-state index contributed by atoms with van der Waals surface area (Å²) in [6.45, 7) is 13.8. The molecule has 1 saturated carbocycles. The second-order valence-corrected chi connectivity index (χ2v) is 9.18. The van der Waals surface area contributed by atoms with Crippen molar-refractivity contribution in [2.45, 2.75) is 58.8 Å². The summed E-state index contributed by atoms with van der Waals surface area (Å²) in [5, 5.41) is 3.49. The number of amides is 1. The van der Waals surface area contributed by atoms with E-state index in [1.165, 1.54) is 25.7 Å². The maximum atomic E-state index is 12.7. The van der Waals surface area contributed by atoms with E-state index in [-0.39, 0.29) is 24.0 Å². The molecule has 2 heterocycles. The summed E-state index contributed by atoms with van der Waals surface area (Å²) in [6.07, 6.45) is 8.52. The molecule has 3 rings (SSSR count). The van der Waals surface area contributed by atoms with Gasteiger partial charge in [0.1, 0.15) is 0 Å². The molecule has 0 radical (unpaired) electrons. The fourth-order valence-corrected chi connectivity index (χ4v) is 4.49. The Morgan fingerprint density at radius 1 is 0.968 bits per heavy atom. The van der Waals surface area contributed by atoms with Gasteiger partial charge in [-0.2, -0.15) is 0 Å². The Kier molecular flexibility index (Phi) is 11.9. The number of ether oxygens (including phenoxy) is 1. The van der Waals surface area contributed by atoms with Crippen molar-refractivity contribution < 1.29 is 9.53 Å². The molecule has 31 heavy (non-hydrogen) atoms. The van der Waals surface area contributed by atoms with Crippen molar-refractivity contribution >= 4 is 35.8 Å². The van der Waals surface area contributed by atoms with Gasteiger partial charge in [0.25, 0.3) is 0 Å². The molecule has 1 aliphatic carbocycles. The number of halogens is 1. The van der Waals surface area contributed by atoms with Crippen LogP contribution in [0.4, 0.5) is 0 Å². The Labute approximate surface area is 206 Å². The normalized spacial score (nSPS) is 21.9. The highest BCUT2D eigenvalue weighted by molar-refractivity contribution is 14.0. The summed E-state index contributed by atoms with van der Waals surface area (Å²) in [5.74, 6) is 1.36. The van der Waals surface area contributed by atoms with E-state index in [4.69, 9.17) is 9.73 Å². The number of carbonyl (C=O) groups is 1. The molecule has 0 aromatic rings.